The van der Waals surface area contributed by atoms with E-state index in [9.17, 15) is 34.5 Å². The largest absolute Gasteiger partial charge is 0.479 e. The number of carboxylic acids is 1. The van der Waals surface area contributed by atoms with Gasteiger partial charge in [-0.2, -0.15) is 0 Å². The van der Waals surface area contributed by atoms with Crippen LogP contribution in [0.3, 0.4) is 0 Å². The van der Waals surface area contributed by atoms with Gasteiger partial charge < -0.3 is 39.0 Å². The molecule has 12 heteroatoms. The average molecular weight is 1190 g/mol. The minimum atomic E-state index is -1.92. The van der Waals surface area contributed by atoms with Crippen LogP contribution in [0.2, 0.25) is 0 Å². The van der Waals surface area contributed by atoms with E-state index in [2.05, 4.69) is 142 Å². The second-order valence-electron chi connectivity index (χ2n) is 22.3. The van der Waals surface area contributed by atoms with Crippen molar-refractivity contribution < 1.29 is 58.2 Å². The van der Waals surface area contributed by atoms with Crippen molar-refractivity contribution in [3.8, 4) is 0 Å². The molecule has 0 amide bonds. The zero-order valence-electron chi connectivity index (χ0n) is 53.3. The molecule has 1 aliphatic rings. The lowest BCUT2D eigenvalue weighted by atomic mass is 9.98. The summed E-state index contributed by atoms with van der Waals surface area (Å²) in [5.74, 6) is -3.20. The first kappa shape index (κ1) is 78.1. The standard InChI is InChI=1S/C73H118O12/c1-4-7-10-13-16-19-22-25-28-31-33-36-38-41-44-47-50-53-56-59-65(74)81-62-64(83-66(75)60-57-54-51-48-45-42-39-35-30-27-24-21-18-15-12-9-6-3)63-82-73-71(69(78)68(77)70(85-73)72(79)80)84-67(76)61-58-55-52-49-46-43-40-37-34-32-29-26-23-20-17-14-11-8-5-2/h7,9-10,12,16,18-19,21,25-30,33,36,39,41-42,44,64,68-71,73,77-78H,4-6,8,11,13-15,17,20,22-24,31-32,34-35,37-38,40,43,45-63H2,1-3H3,(H,79,80)/b10-7-,12-9-,19-16-,21-18-,28-25-,29-26-,30-27-,36-33-,42-39-,44-41-. The van der Waals surface area contributed by atoms with Gasteiger partial charge in [0.2, 0.25) is 0 Å². The number of carbonyl (C=O) groups excluding carboxylic acids is 3. The molecule has 0 aromatic heterocycles. The van der Waals surface area contributed by atoms with Gasteiger partial charge in [0.25, 0.3) is 0 Å². The monoisotopic (exact) mass is 1190 g/mol. The lowest BCUT2D eigenvalue weighted by molar-refractivity contribution is -0.301. The summed E-state index contributed by atoms with van der Waals surface area (Å²) in [6.07, 6.45) is 70.1. The Morgan fingerprint density at radius 1 is 0.400 bits per heavy atom. The third-order valence-corrected chi connectivity index (χ3v) is 14.5. The first-order valence-electron chi connectivity index (χ1n) is 33.5. The van der Waals surface area contributed by atoms with Gasteiger partial charge in [0.05, 0.1) is 6.61 Å². The SMILES string of the molecule is CC/C=C\C/C=C\C/C=C\C/C=C\C/C=C\CCCCCC(=O)OCC(COC1OC(C(=O)O)C(O)C(O)C1OC(=O)CCCCCCCCCCC/C=C\CCCCCCCC)OC(=O)CCCCCC/C=C\C/C=C\C/C=C\C/C=C\CC. The van der Waals surface area contributed by atoms with E-state index in [1.807, 2.05) is 0 Å². The van der Waals surface area contributed by atoms with Gasteiger partial charge in [0.1, 0.15) is 18.8 Å². The number of aliphatic carboxylic acids is 1. The Hall–Kier alpha value is -4.88. The highest BCUT2D eigenvalue weighted by molar-refractivity contribution is 5.74. The van der Waals surface area contributed by atoms with Gasteiger partial charge in [-0.3, -0.25) is 14.4 Å². The van der Waals surface area contributed by atoms with Crippen LogP contribution in [0.1, 0.15) is 265 Å². The predicted molar refractivity (Wildman–Crippen MR) is 349 cm³/mol. The third kappa shape index (κ3) is 48.9. The molecule has 1 fully saturated rings. The maximum atomic E-state index is 13.2. The van der Waals surface area contributed by atoms with Gasteiger partial charge in [-0.15, -0.1) is 0 Å². The van der Waals surface area contributed by atoms with Gasteiger partial charge in [-0.1, -0.05) is 239 Å². The molecule has 1 saturated heterocycles. The summed E-state index contributed by atoms with van der Waals surface area (Å²) >= 11 is 0. The van der Waals surface area contributed by atoms with Crippen molar-refractivity contribution >= 4 is 23.9 Å². The van der Waals surface area contributed by atoms with Crippen molar-refractivity contribution in [2.24, 2.45) is 0 Å². The number of hydrogen-bond donors (Lipinski definition) is 3. The Bertz CT molecular complexity index is 1940. The molecule has 1 heterocycles. The third-order valence-electron chi connectivity index (χ3n) is 14.5. The Balaban J connectivity index is 2.69. The summed E-state index contributed by atoms with van der Waals surface area (Å²) in [4.78, 5) is 51.4. The summed E-state index contributed by atoms with van der Waals surface area (Å²) < 4.78 is 28.5. The Morgan fingerprint density at radius 2 is 0.741 bits per heavy atom. The lowest BCUT2D eigenvalue weighted by Gasteiger charge is -2.40. The fourth-order valence-electron chi connectivity index (χ4n) is 9.44. The number of aliphatic hydroxyl groups excluding tert-OH is 2. The molecule has 0 aromatic rings. The molecule has 3 N–H and O–H groups in total. The van der Waals surface area contributed by atoms with Crippen molar-refractivity contribution in [3.63, 3.8) is 0 Å². The van der Waals surface area contributed by atoms with Gasteiger partial charge >= 0.3 is 23.9 Å². The molecule has 0 aliphatic carbocycles. The number of unbranched alkanes of at least 4 members (excludes halogenated alkanes) is 22. The van der Waals surface area contributed by atoms with Crippen molar-refractivity contribution in [3.05, 3.63) is 122 Å². The van der Waals surface area contributed by atoms with Crippen molar-refractivity contribution in [1.29, 1.82) is 0 Å². The molecule has 0 spiro atoms. The van der Waals surface area contributed by atoms with E-state index in [0.29, 0.717) is 19.3 Å². The number of rotatable bonds is 56. The molecule has 0 radical (unpaired) electrons. The molecule has 482 valence electrons. The summed E-state index contributed by atoms with van der Waals surface area (Å²) in [6.45, 7) is 5.74. The van der Waals surface area contributed by atoms with Gasteiger partial charge in [-0.25, -0.2) is 4.79 Å². The molecule has 0 bridgehead atoms. The molecule has 0 aromatic carbocycles. The van der Waals surface area contributed by atoms with Crippen LogP contribution < -0.4 is 0 Å². The van der Waals surface area contributed by atoms with Crippen LogP contribution in [-0.4, -0.2) is 89.2 Å². The minimum absolute atomic E-state index is 0.0464. The zero-order chi connectivity index (χ0) is 61.7. The number of allylic oxidation sites excluding steroid dienone is 20. The molecule has 6 atom stereocenters. The van der Waals surface area contributed by atoms with Crippen LogP contribution in [0, 0.1) is 0 Å². The van der Waals surface area contributed by atoms with E-state index in [-0.39, 0.29) is 25.9 Å². The first-order chi connectivity index (χ1) is 41.6. The fraction of sp³-hybridized carbons (Fsp3) is 0.671. The summed E-state index contributed by atoms with van der Waals surface area (Å²) in [5.41, 5.74) is 0. The van der Waals surface area contributed by atoms with Gasteiger partial charge in [0, 0.05) is 19.3 Å². The van der Waals surface area contributed by atoms with Crippen LogP contribution in [0.15, 0.2) is 122 Å². The van der Waals surface area contributed by atoms with Gasteiger partial charge in [-0.05, 0) is 128 Å². The smallest absolute Gasteiger partial charge is 0.335 e. The molecule has 0 saturated carbocycles. The van der Waals surface area contributed by atoms with E-state index >= 15 is 0 Å². The van der Waals surface area contributed by atoms with Crippen LogP contribution in [-0.2, 0) is 42.9 Å². The summed E-state index contributed by atoms with van der Waals surface area (Å²) in [5, 5.41) is 31.6. The number of carbonyl (C=O) groups is 4. The second kappa shape index (κ2) is 59.5. The fourth-order valence-corrected chi connectivity index (χ4v) is 9.44. The van der Waals surface area contributed by atoms with Crippen LogP contribution in [0.25, 0.3) is 0 Å². The van der Waals surface area contributed by atoms with E-state index < -0.39 is 67.3 Å². The maximum absolute atomic E-state index is 13.2. The van der Waals surface area contributed by atoms with Crippen molar-refractivity contribution in [1.82, 2.24) is 0 Å². The van der Waals surface area contributed by atoms with Crippen molar-refractivity contribution in [2.45, 2.75) is 302 Å². The summed E-state index contributed by atoms with van der Waals surface area (Å²) in [6, 6.07) is 0. The number of aliphatic hydroxyl groups is 2. The zero-order valence-corrected chi connectivity index (χ0v) is 53.3. The summed E-state index contributed by atoms with van der Waals surface area (Å²) in [7, 11) is 0. The van der Waals surface area contributed by atoms with Gasteiger partial charge in [0.15, 0.2) is 24.6 Å². The number of carboxylic acid groups (broad SMARTS) is 1. The lowest BCUT2D eigenvalue weighted by Crippen LogP contribution is -2.61. The first-order valence-corrected chi connectivity index (χ1v) is 33.5. The molecular formula is C73H118O12. The quantitative estimate of drug-likeness (QED) is 0.0228. The van der Waals surface area contributed by atoms with E-state index in [4.69, 9.17) is 23.7 Å². The van der Waals surface area contributed by atoms with Crippen molar-refractivity contribution in [2.75, 3.05) is 13.2 Å². The molecular weight excluding hydrogens is 1070 g/mol. The minimum Gasteiger partial charge on any atom is -0.479 e. The van der Waals surface area contributed by atoms with E-state index in [1.165, 1.54) is 70.6 Å². The highest BCUT2D eigenvalue weighted by Crippen LogP contribution is 2.26. The Labute approximate surface area is 516 Å². The van der Waals surface area contributed by atoms with Crippen LogP contribution in [0.4, 0.5) is 0 Å². The molecule has 1 rings (SSSR count). The molecule has 6 unspecified atom stereocenters. The number of hydrogen-bond acceptors (Lipinski definition) is 11. The molecule has 85 heavy (non-hydrogen) atoms. The topological polar surface area (TPSA) is 175 Å². The molecule has 1 aliphatic heterocycles. The normalized spacial score (nSPS) is 18.2. The van der Waals surface area contributed by atoms with E-state index in [0.717, 1.165) is 135 Å². The van der Waals surface area contributed by atoms with Crippen LogP contribution >= 0.6 is 0 Å². The molecule has 12 nitrogen and oxygen atoms in total. The average Bonchev–Trinajstić information content (AvgIpc) is 3.51. The predicted octanol–water partition coefficient (Wildman–Crippen LogP) is 18.3. The highest BCUT2D eigenvalue weighted by atomic mass is 16.7. The maximum Gasteiger partial charge on any atom is 0.335 e. The number of ether oxygens (including phenoxy) is 5. The Kier molecular flexibility index (Phi) is 54.6. The Morgan fingerprint density at radius 3 is 1.15 bits per heavy atom. The number of esters is 3. The highest BCUT2D eigenvalue weighted by Gasteiger charge is 2.50. The van der Waals surface area contributed by atoms with Crippen LogP contribution in [0.5, 0.6) is 0 Å². The second-order valence-corrected chi connectivity index (χ2v) is 22.3. The van der Waals surface area contributed by atoms with E-state index in [1.54, 1.807) is 0 Å².